The van der Waals surface area contributed by atoms with E-state index in [2.05, 4.69) is 25.4 Å². The molecule has 0 aliphatic carbocycles. The Morgan fingerprint density at radius 3 is 2.59 bits per heavy atom. The van der Waals surface area contributed by atoms with Crippen molar-refractivity contribution in [1.82, 2.24) is 0 Å². The van der Waals surface area contributed by atoms with E-state index < -0.39 is 18.1 Å². The van der Waals surface area contributed by atoms with E-state index in [-0.39, 0.29) is 12.2 Å². The number of benzene rings is 1. The van der Waals surface area contributed by atoms with Gasteiger partial charge in [0.2, 0.25) is 0 Å². The first-order chi connectivity index (χ1) is 7.83. The second-order valence-corrected chi connectivity index (χ2v) is 3.76. The van der Waals surface area contributed by atoms with Crippen LogP contribution in [0.2, 0.25) is 0 Å². The van der Waals surface area contributed by atoms with E-state index in [0.29, 0.717) is 4.47 Å². The van der Waals surface area contributed by atoms with Gasteiger partial charge in [-0.05, 0) is 41.1 Å². The van der Waals surface area contributed by atoms with E-state index in [1.165, 1.54) is 6.07 Å². The fraction of sp³-hybridized carbons (Fsp3) is 0.300. The number of hydrogen-bond acceptors (Lipinski definition) is 3. The molecule has 1 aromatic rings. The molecule has 0 spiro atoms. The number of carbonyl (C=O) groups is 1. The lowest BCUT2D eigenvalue weighted by Gasteiger charge is -2.10. The summed E-state index contributed by atoms with van der Waals surface area (Å²) in [6, 6.07) is 3.35. The van der Waals surface area contributed by atoms with E-state index in [0.717, 1.165) is 12.1 Å². The van der Waals surface area contributed by atoms with Crippen LogP contribution in [0.1, 0.15) is 17.3 Å². The van der Waals surface area contributed by atoms with Crippen LogP contribution in [0.15, 0.2) is 22.7 Å². The zero-order valence-corrected chi connectivity index (χ0v) is 10.3. The Morgan fingerprint density at radius 1 is 1.41 bits per heavy atom. The minimum Gasteiger partial charge on any atom is -0.462 e. The Kier molecular flexibility index (Phi) is 4.39. The number of hydrogen-bond donors (Lipinski definition) is 0. The maximum absolute atomic E-state index is 12.0. The summed E-state index contributed by atoms with van der Waals surface area (Å²) in [5.41, 5.74) is -0.0198. The molecule has 7 heteroatoms. The molecule has 0 saturated heterocycles. The highest BCUT2D eigenvalue weighted by Gasteiger charge is 2.31. The van der Waals surface area contributed by atoms with Gasteiger partial charge in [-0.1, -0.05) is 0 Å². The predicted molar refractivity (Wildman–Crippen MR) is 56.8 cm³/mol. The molecule has 0 aliphatic heterocycles. The molecule has 0 unspecified atom stereocenters. The third-order valence-corrected chi connectivity index (χ3v) is 2.36. The fourth-order valence-corrected chi connectivity index (χ4v) is 1.48. The highest BCUT2D eigenvalue weighted by Crippen LogP contribution is 2.27. The number of ether oxygens (including phenoxy) is 2. The van der Waals surface area contributed by atoms with E-state index in [4.69, 9.17) is 0 Å². The summed E-state index contributed by atoms with van der Waals surface area (Å²) in [5, 5.41) is 0. The molecule has 0 aliphatic rings. The second-order valence-electron chi connectivity index (χ2n) is 2.91. The summed E-state index contributed by atoms with van der Waals surface area (Å²) >= 11 is 3.04. The van der Waals surface area contributed by atoms with E-state index in [1.54, 1.807) is 6.92 Å². The summed E-state index contributed by atoms with van der Waals surface area (Å²) in [4.78, 5) is 11.4. The zero-order chi connectivity index (χ0) is 13.1. The predicted octanol–water partition coefficient (Wildman–Crippen LogP) is 3.52. The highest BCUT2D eigenvalue weighted by molar-refractivity contribution is 9.10. The number of esters is 1. The minimum absolute atomic E-state index is 0.0198. The van der Waals surface area contributed by atoms with Gasteiger partial charge in [-0.15, -0.1) is 13.2 Å². The lowest BCUT2D eigenvalue weighted by molar-refractivity contribution is -0.274. The topological polar surface area (TPSA) is 35.5 Å². The first-order valence-corrected chi connectivity index (χ1v) is 5.35. The number of carbonyl (C=O) groups excluding carboxylic acids is 1. The van der Waals surface area contributed by atoms with Crippen molar-refractivity contribution in [2.75, 3.05) is 6.61 Å². The van der Waals surface area contributed by atoms with Crippen molar-refractivity contribution in [2.45, 2.75) is 13.3 Å². The Hall–Kier alpha value is -1.24. The van der Waals surface area contributed by atoms with Crippen molar-refractivity contribution >= 4 is 21.9 Å². The van der Waals surface area contributed by atoms with Gasteiger partial charge in [-0.2, -0.15) is 0 Å². The Balaban J connectivity index is 2.98. The van der Waals surface area contributed by atoms with Crippen LogP contribution in [0.5, 0.6) is 5.75 Å². The maximum Gasteiger partial charge on any atom is 0.573 e. The van der Waals surface area contributed by atoms with Crippen molar-refractivity contribution in [3.8, 4) is 5.75 Å². The van der Waals surface area contributed by atoms with Crippen LogP contribution in [-0.4, -0.2) is 18.9 Å². The molecule has 94 valence electrons. The molecule has 0 fully saturated rings. The normalized spacial score (nSPS) is 11.1. The molecule has 0 atom stereocenters. The molecule has 0 radical (unpaired) electrons. The summed E-state index contributed by atoms with van der Waals surface area (Å²) in [6.45, 7) is 1.73. The van der Waals surface area contributed by atoms with Crippen molar-refractivity contribution in [3.63, 3.8) is 0 Å². The first-order valence-electron chi connectivity index (χ1n) is 4.56. The van der Waals surface area contributed by atoms with Crippen molar-refractivity contribution in [3.05, 3.63) is 28.2 Å². The standard InChI is InChI=1S/C10H8BrF3O3/c1-2-16-9(15)7-5-6(3-4-8(7)11)17-10(12,13)14/h3-5H,2H2,1H3. The van der Waals surface area contributed by atoms with Gasteiger partial charge in [0.1, 0.15) is 5.75 Å². The van der Waals surface area contributed by atoms with Crippen LogP contribution < -0.4 is 4.74 Å². The van der Waals surface area contributed by atoms with Gasteiger partial charge in [-0.3, -0.25) is 0 Å². The van der Waals surface area contributed by atoms with Gasteiger partial charge in [0.15, 0.2) is 0 Å². The molecule has 0 saturated carbocycles. The lowest BCUT2D eigenvalue weighted by Crippen LogP contribution is -2.17. The molecule has 1 rings (SSSR count). The van der Waals surface area contributed by atoms with Crippen LogP contribution in [-0.2, 0) is 4.74 Å². The smallest absolute Gasteiger partial charge is 0.462 e. The van der Waals surface area contributed by atoms with E-state index in [1.807, 2.05) is 0 Å². The Bertz CT molecular complexity index is 418. The average molecular weight is 313 g/mol. The van der Waals surface area contributed by atoms with E-state index >= 15 is 0 Å². The largest absolute Gasteiger partial charge is 0.573 e. The molecular weight excluding hydrogens is 305 g/mol. The van der Waals surface area contributed by atoms with Crippen LogP contribution >= 0.6 is 15.9 Å². The van der Waals surface area contributed by atoms with Crippen molar-refractivity contribution < 1.29 is 27.4 Å². The van der Waals surface area contributed by atoms with Gasteiger partial charge < -0.3 is 9.47 Å². The molecular formula is C10H8BrF3O3. The van der Waals surface area contributed by atoms with Crippen molar-refractivity contribution in [1.29, 1.82) is 0 Å². The second kappa shape index (κ2) is 5.39. The number of alkyl halides is 3. The number of halogens is 4. The monoisotopic (exact) mass is 312 g/mol. The van der Waals surface area contributed by atoms with E-state index in [9.17, 15) is 18.0 Å². The van der Waals surface area contributed by atoms with Gasteiger partial charge in [-0.25, -0.2) is 4.79 Å². The van der Waals surface area contributed by atoms with Crippen LogP contribution in [0.25, 0.3) is 0 Å². The molecule has 0 bridgehead atoms. The molecule has 0 heterocycles. The summed E-state index contributed by atoms with van der Waals surface area (Å²) in [5.74, 6) is -1.18. The lowest BCUT2D eigenvalue weighted by atomic mass is 10.2. The third-order valence-electron chi connectivity index (χ3n) is 1.67. The average Bonchev–Trinajstić information content (AvgIpc) is 2.19. The SMILES string of the molecule is CCOC(=O)c1cc(OC(F)(F)F)ccc1Br. The minimum atomic E-state index is -4.79. The summed E-state index contributed by atoms with van der Waals surface area (Å²) in [7, 11) is 0. The Morgan fingerprint density at radius 2 is 2.06 bits per heavy atom. The molecule has 0 amide bonds. The fourth-order valence-electron chi connectivity index (χ4n) is 1.07. The van der Waals surface area contributed by atoms with Crippen LogP contribution in [0.3, 0.4) is 0 Å². The third kappa shape index (κ3) is 4.26. The molecule has 3 nitrogen and oxygen atoms in total. The zero-order valence-electron chi connectivity index (χ0n) is 8.68. The summed E-state index contributed by atoms with van der Waals surface area (Å²) in [6.07, 6.45) is -4.79. The first kappa shape index (κ1) is 13.8. The van der Waals surface area contributed by atoms with Gasteiger partial charge >= 0.3 is 12.3 Å². The van der Waals surface area contributed by atoms with Crippen molar-refractivity contribution in [2.24, 2.45) is 0 Å². The van der Waals surface area contributed by atoms with Gasteiger partial charge in [0, 0.05) is 4.47 Å². The molecule has 17 heavy (non-hydrogen) atoms. The maximum atomic E-state index is 12.0. The Labute approximate surface area is 104 Å². The van der Waals surface area contributed by atoms with Crippen LogP contribution in [0.4, 0.5) is 13.2 Å². The number of rotatable bonds is 3. The van der Waals surface area contributed by atoms with Gasteiger partial charge in [0.25, 0.3) is 0 Å². The highest BCUT2D eigenvalue weighted by atomic mass is 79.9. The molecule has 1 aromatic carbocycles. The molecule has 0 N–H and O–H groups in total. The van der Waals surface area contributed by atoms with Crippen LogP contribution in [0, 0.1) is 0 Å². The quantitative estimate of drug-likeness (QED) is 0.801. The van der Waals surface area contributed by atoms with Gasteiger partial charge in [0.05, 0.1) is 12.2 Å². The summed E-state index contributed by atoms with van der Waals surface area (Å²) < 4.78 is 44.6. The molecule has 0 aromatic heterocycles.